The Morgan fingerprint density at radius 3 is 2.89 bits per heavy atom. The number of halogens is 2. The van der Waals surface area contributed by atoms with Crippen molar-refractivity contribution in [1.29, 1.82) is 0 Å². The third-order valence-corrected chi connectivity index (χ3v) is 2.65. The second-order valence-corrected chi connectivity index (χ2v) is 4.05. The molecule has 1 aromatic carbocycles. The number of benzene rings is 1. The van der Waals surface area contributed by atoms with E-state index < -0.39 is 11.6 Å². The Balaban J connectivity index is 2.15. The van der Waals surface area contributed by atoms with Crippen molar-refractivity contribution in [2.24, 2.45) is 0 Å². The SMILES string of the molecule is CCCCn1ccnc1Nc1ccc(F)cc1F. The normalized spacial score (nSPS) is 10.6. The average molecular weight is 251 g/mol. The van der Waals surface area contributed by atoms with E-state index in [1.54, 1.807) is 6.20 Å². The van der Waals surface area contributed by atoms with Gasteiger partial charge in [0, 0.05) is 25.0 Å². The van der Waals surface area contributed by atoms with E-state index in [0.29, 0.717) is 5.95 Å². The van der Waals surface area contributed by atoms with Gasteiger partial charge in [0.05, 0.1) is 5.69 Å². The molecule has 1 aromatic heterocycles. The van der Waals surface area contributed by atoms with Crippen molar-refractivity contribution in [1.82, 2.24) is 9.55 Å². The number of anilines is 2. The van der Waals surface area contributed by atoms with E-state index in [4.69, 9.17) is 0 Å². The van der Waals surface area contributed by atoms with E-state index in [-0.39, 0.29) is 5.69 Å². The summed E-state index contributed by atoms with van der Waals surface area (Å²) in [6.45, 7) is 2.92. The highest BCUT2D eigenvalue weighted by atomic mass is 19.1. The minimum Gasteiger partial charge on any atom is -0.323 e. The molecule has 0 unspecified atom stereocenters. The zero-order chi connectivity index (χ0) is 13.0. The second-order valence-electron chi connectivity index (χ2n) is 4.05. The first-order chi connectivity index (χ1) is 8.70. The van der Waals surface area contributed by atoms with Gasteiger partial charge >= 0.3 is 0 Å². The van der Waals surface area contributed by atoms with Crippen molar-refractivity contribution in [3.05, 3.63) is 42.2 Å². The van der Waals surface area contributed by atoms with Gasteiger partial charge in [-0.05, 0) is 18.6 Å². The summed E-state index contributed by atoms with van der Waals surface area (Å²) in [7, 11) is 0. The van der Waals surface area contributed by atoms with Gasteiger partial charge in [-0.3, -0.25) is 0 Å². The quantitative estimate of drug-likeness (QED) is 0.878. The van der Waals surface area contributed by atoms with Crippen LogP contribution >= 0.6 is 0 Å². The molecule has 18 heavy (non-hydrogen) atoms. The summed E-state index contributed by atoms with van der Waals surface area (Å²) in [5, 5.41) is 2.87. The fraction of sp³-hybridized carbons (Fsp3) is 0.308. The third-order valence-electron chi connectivity index (χ3n) is 2.65. The topological polar surface area (TPSA) is 29.9 Å². The fourth-order valence-electron chi connectivity index (χ4n) is 1.65. The van der Waals surface area contributed by atoms with E-state index in [9.17, 15) is 8.78 Å². The molecule has 0 bridgehead atoms. The maximum atomic E-state index is 13.5. The Morgan fingerprint density at radius 1 is 1.33 bits per heavy atom. The largest absolute Gasteiger partial charge is 0.323 e. The fourth-order valence-corrected chi connectivity index (χ4v) is 1.65. The second kappa shape index (κ2) is 5.62. The number of hydrogen-bond acceptors (Lipinski definition) is 2. The summed E-state index contributed by atoms with van der Waals surface area (Å²) in [6, 6.07) is 3.43. The van der Waals surface area contributed by atoms with Crippen LogP contribution in [0.4, 0.5) is 20.4 Å². The first-order valence-corrected chi connectivity index (χ1v) is 5.94. The number of aryl methyl sites for hydroxylation is 1. The number of hydrogen-bond donors (Lipinski definition) is 1. The van der Waals surface area contributed by atoms with Gasteiger partial charge in [-0.1, -0.05) is 13.3 Å². The lowest BCUT2D eigenvalue weighted by molar-refractivity contribution is 0.585. The van der Waals surface area contributed by atoms with Gasteiger partial charge in [-0.15, -0.1) is 0 Å². The van der Waals surface area contributed by atoms with Crippen LogP contribution < -0.4 is 5.32 Å². The zero-order valence-corrected chi connectivity index (χ0v) is 10.2. The van der Waals surface area contributed by atoms with Crippen LogP contribution in [0.25, 0.3) is 0 Å². The molecule has 0 saturated carbocycles. The lowest BCUT2D eigenvalue weighted by Crippen LogP contribution is -2.04. The predicted molar refractivity (Wildman–Crippen MR) is 66.8 cm³/mol. The van der Waals surface area contributed by atoms with E-state index in [1.165, 1.54) is 12.1 Å². The van der Waals surface area contributed by atoms with Crippen LogP contribution in [0.15, 0.2) is 30.6 Å². The van der Waals surface area contributed by atoms with Gasteiger partial charge in [0.15, 0.2) is 0 Å². The van der Waals surface area contributed by atoms with Gasteiger partial charge in [-0.25, -0.2) is 13.8 Å². The highest BCUT2D eigenvalue weighted by molar-refractivity contribution is 5.54. The molecule has 2 rings (SSSR count). The summed E-state index contributed by atoms with van der Waals surface area (Å²) in [4.78, 5) is 4.12. The maximum absolute atomic E-state index is 13.5. The summed E-state index contributed by atoms with van der Waals surface area (Å²) < 4.78 is 28.2. The van der Waals surface area contributed by atoms with E-state index in [0.717, 1.165) is 25.5 Å². The summed E-state index contributed by atoms with van der Waals surface area (Å²) >= 11 is 0. The molecule has 0 radical (unpaired) electrons. The molecule has 96 valence electrons. The Morgan fingerprint density at radius 2 is 2.17 bits per heavy atom. The molecule has 0 spiro atoms. The highest BCUT2D eigenvalue weighted by Gasteiger charge is 2.07. The molecule has 5 heteroatoms. The van der Waals surface area contributed by atoms with Gasteiger partial charge < -0.3 is 9.88 Å². The van der Waals surface area contributed by atoms with Crippen LogP contribution in [0, 0.1) is 11.6 Å². The molecule has 2 aromatic rings. The number of nitrogens with one attached hydrogen (secondary N) is 1. The maximum Gasteiger partial charge on any atom is 0.207 e. The van der Waals surface area contributed by atoms with Gasteiger partial charge in [-0.2, -0.15) is 0 Å². The molecule has 1 N–H and O–H groups in total. The number of imidazole rings is 1. The van der Waals surface area contributed by atoms with Crippen LogP contribution in [0.3, 0.4) is 0 Å². The predicted octanol–water partition coefficient (Wildman–Crippen LogP) is 3.71. The number of rotatable bonds is 5. The first kappa shape index (κ1) is 12.5. The molecule has 0 amide bonds. The number of aromatic nitrogens is 2. The van der Waals surface area contributed by atoms with E-state index in [1.807, 2.05) is 10.8 Å². The summed E-state index contributed by atoms with van der Waals surface area (Å²) in [5.41, 5.74) is 0.223. The molecule has 0 fully saturated rings. The Bertz CT molecular complexity index is 523. The minimum absolute atomic E-state index is 0.223. The van der Waals surface area contributed by atoms with E-state index >= 15 is 0 Å². The van der Waals surface area contributed by atoms with Crippen LogP contribution in [0.1, 0.15) is 19.8 Å². The Kier molecular flexibility index (Phi) is 3.92. The Hall–Kier alpha value is -1.91. The Labute approximate surface area is 104 Å². The molecule has 0 atom stereocenters. The number of unbranched alkanes of at least 4 members (excludes halogenated alkanes) is 1. The van der Waals surface area contributed by atoms with Crippen molar-refractivity contribution in [3.8, 4) is 0 Å². The highest BCUT2D eigenvalue weighted by Crippen LogP contribution is 2.19. The van der Waals surface area contributed by atoms with Crippen LogP contribution in [-0.4, -0.2) is 9.55 Å². The zero-order valence-electron chi connectivity index (χ0n) is 10.2. The lowest BCUT2D eigenvalue weighted by atomic mass is 10.3. The van der Waals surface area contributed by atoms with Gasteiger partial charge in [0.25, 0.3) is 0 Å². The first-order valence-electron chi connectivity index (χ1n) is 5.94. The molecular formula is C13H15F2N3. The van der Waals surface area contributed by atoms with Gasteiger partial charge in [0.1, 0.15) is 11.6 Å². The van der Waals surface area contributed by atoms with Crippen LogP contribution in [0.5, 0.6) is 0 Å². The number of nitrogens with zero attached hydrogens (tertiary/aromatic N) is 2. The molecule has 1 heterocycles. The summed E-state index contributed by atoms with van der Waals surface area (Å²) in [6.07, 6.45) is 5.58. The molecule has 0 saturated heterocycles. The summed E-state index contributed by atoms with van der Waals surface area (Å²) in [5.74, 6) is -0.652. The monoisotopic (exact) mass is 251 g/mol. The molecule has 0 aliphatic rings. The molecule has 0 aliphatic heterocycles. The van der Waals surface area contributed by atoms with Crippen molar-refractivity contribution >= 4 is 11.6 Å². The minimum atomic E-state index is -0.625. The van der Waals surface area contributed by atoms with Crippen molar-refractivity contribution in [2.45, 2.75) is 26.3 Å². The van der Waals surface area contributed by atoms with Crippen LogP contribution in [0.2, 0.25) is 0 Å². The van der Waals surface area contributed by atoms with E-state index in [2.05, 4.69) is 17.2 Å². The van der Waals surface area contributed by atoms with Gasteiger partial charge in [0.2, 0.25) is 5.95 Å². The van der Waals surface area contributed by atoms with Crippen molar-refractivity contribution in [2.75, 3.05) is 5.32 Å². The van der Waals surface area contributed by atoms with Crippen molar-refractivity contribution in [3.63, 3.8) is 0 Å². The molecule has 3 nitrogen and oxygen atoms in total. The molecular weight excluding hydrogens is 236 g/mol. The average Bonchev–Trinajstić information content (AvgIpc) is 2.77. The van der Waals surface area contributed by atoms with Crippen LogP contribution in [-0.2, 0) is 6.54 Å². The smallest absolute Gasteiger partial charge is 0.207 e. The van der Waals surface area contributed by atoms with Crippen molar-refractivity contribution < 1.29 is 8.78 Å². The lowest BCUT2D eigenvalue weighted by Gasteiger charge is -2.10. The standard InChI is InChI=1S/C13H15F2N3/c1-2-3-7-18-8-6-16-13(18)17-12-5-4-10(14)9-11(12)15/h4-6,8-9H,2-3,7H2,1H3,(H,16,17). The molecule has 0 aliphatic carbocycles. The third kappa shape index (κ3) is 2.85.